The van der Waals surface area contributed by atoms with Gasteiger partial charge in [0.05, 0.1) is 30.5 Å². The summed E-state index contributed by atoms with van der Waals surface area (Å²) in [6.07, 6.45) is 4.00. The van der Waals surface area contributed by atoms with Gasteiger partial charge in [-0.1, -0.05) is 36.4 Å². The number of aromatic nitrogens is 2. The van der Waals surface area contributed by atoms with Crippen molar-refractivity contribution in [1.82, 2.24) is 9.78 Å². The molecule has 2 atom stereocenters. The highest BCUT2D eigenvalue weighted by atomic mass is 16.5. The molecule has 6 nitrogen and oxygen atoms in total. The van der Waals surface area contributed by atoms with Crippen molar-refractivity contribution >= 4 is 11.6 Å². The first-order valence-electron chi connectivity index (χ1n) is 9.38. The predicted molar refractivity (Wildman–Crippen MR) is 106 cm³/mol. The van der Waals surface area contributed by atoms with Crippen LogP contribution in [0.2, 0.25) is 0 Å². The Balaban J connectivity index is 1.46. The molecule has 4 rings (SSSR count). The average Bonchev–Trinajstić information content (AvgIpc) is 3.34. The van der Waals surface area contributed by atoms with E-state index in [4.69, 9.17) is 4.74 Å². The first-order valence-corrected chi connectivity index (χ1v) is 9.38. The number of hydrogen-bond donors (Lipinski definition) is 2. The molecule has 2 N–H and O–H groups in total. The molecule has 1 aromatic heterocycles. The van der Waals surface area contributed by atoms with Gasteiger partial charge >= 0.3 is 0 Å². The van der Waals surface area contributed by atoms with E-state index in [0.29, 0.717) is 25.3 Å². The second-order valence-electron chi connectivity index (χ2n) is 7.15. The van der Waals surface area contributed by atoms with Crippen molar-refractivity contribution in [2.24, 2.45) is 5.92 Å². The molecule has 144 valence electrons. The maximum absolute atomic E-state index is 12.8. The highest BCUT2D eigenvalue weighted by molar-refractivity contribution is 5.94. The van der Waals surface area contributed by atoms with Gasteiger partial charge in [0.25, 0.3) is 0 Å². The Morgan fingerprint density at radius 2 is 2.11 bits per heavy atom. The van der Waals surface area contributed by atoms with E-state index in [0.717, 1.165) is 16.7 Å². The Morgan fingerprint density at radius 3 is 2.89 bits per heavy atom. The van der Waals surface area contributed by atoms with Crippen LogP contribution in [-0.2, 0) is 16.1 Å². The van der Waals surface area contributed by atoms with E-state index < -0.39 is 0 Å². The number of carbonyl (C=O) groups is 1. The lowest BCUT2D eigenvalue weighted by Gasteiger charge is -2.17. The van der Waals surface area contributed by atoms with Gasteiger partial charge in [0.1, 0.15) is 5.75 Å². The minimum absolute atomic E-state index is 0.0690. The number of carbonyl (C=O) groups excluding carboxylic acids is 1. The van der Waals surface area contributed by atoms with E-state index in [1.165, 1.54) is 0 Å². The smallest absolute Gasteiger partial charge is 0.230 e. The lowest BCUT2D eigenvalue weighted by Crippen LogP contribution is -2.25. The number of benzene rings is 2. The molecule has 0 unspecified atom stereocenters. The van der Waals surface area contributed by atoms with Gasteiger partial charge < -0.3 is 15.2 Å². The van der Waals surface area contributed by atoms with Gasteiger partial charge in [-0.15, -0.1) is 0 Å². The molecule has 2 aromatic carbocycles. The highest BCUT2D eigenvalue weighted by Crippen LogP contribution is 2.36. The summed E-state index contributed by atoms with van der Waals surface area (Å²) in [6, 6.07) is 15.3. The summed E-state index contributed by atoms with van der Waals surface area (Å²) in [5.74, 6) is -0.410. The third-order valence-electron chi connectivity index (χ3n) is 5.01. The summed E-state index contributed by atoms with van der Waals surface area (Å²) in [5.41, 5.74) is 3.40. The summed E-state index contributed by atoms with van der Waals surface area (Å²) in [6.45, 7) is 3.08. The van der Waals surface area contributed by atoms with Crippen LogP contribution in [0, 0.1) is 12.8 Å². The van der Waals surface area contributed by atoms with Crippen LogP contribution in [0.5, 0.6) is 5.75 Å². The normalized spacial score (nSPS) is 18.9. The lowest BCUT2D eigenvalue weighted by molar-refractivity contribution is -0.121. The molecule has 1 fully saturated rings. The summed E-state index contributed by atoms with van der Waals surface area (Å²) in [4.78, 5) is 12.8. The molecular formula is C22H23N3O3. The van der Waals surface area contributed by atoms with Gasteiger partial charge in [0, 0.05) is 18.4 Å². The minimum atomic E-state index is -0.336. The SMILES string of the molecule is Cc1ccc(NC(=O)[C@H]2CCO[C@@H]2c2cnn(Cc3ccccc3)c2)c(O)c1. The zero-order valence-corrected chi connectivity index (χ0v) is 15.7. The zero-order chi connectivity index (χ0) is 19.5. The van der Waals surface area contributed by atoms with Crippen LogP contribution in [0.25, 0.3) is 0 Å². The third kappa shape index (κ3) is 3.92. The van der Waals surface area contributed by atoms with Gasteiger partial charge in [-0.05, 0) is 36.6 Å². The summed E-state index contributed by atoms with van der Waals surface area (Å²) in [5, 5.41) is 17.3. The number of ether oxygens (including phenoxy) is 1. The van der Waals surface area contributed by atoms with Crippen molar-refractivity contribution in [1.29, 1.82) is 0 Å². The molecule has 0 radical (unpaired) electrons. The molecule has 0 saturated carbocycles. The fourth-order valence-electron chi connectivity index (χ4n) is 3.54. The Hall–Kier alpha value is -3.12. The van der Waals surface area contributed by atoms with Gasteiger partial charge in [-0.25, -0.2) is 0 Å². The van der Waals surface area contributed by atoms with Crippen molar-refractivity contribution in [3.63, 3.8) is 0 Å². The number of aryl methyl sites for hydroxylation is 1. The molecule has 1 aliphatic heterocycles. The van der Waals surface area contributed by atoms with Crippen LogP contribution in [0.15, 0.2) is 60.9 Å². The van der Waals surface area contributed by atoms with Crippen LogP contribution in [0.4, 0.5) is 5.69 Å². The number of rotatable bonds is 5. The van der Waals surface area contributed by atoms with E-state index in [9.17, 15) is 9.90 Å². The molecule has 0 bridgehead atoms. The van der Waals surface area contributed by atoms with Gasteiger partial charge in [0.2, 0.25) is 5.91 Å². The van der Waals surface area contributed by atoms with Gasteiger partial charge in [-0.3, -0.25) is 9.48 Å². The number of nitrogens with zero attached hydrogens (tertiary/aromatic N) is 2. The summed E-state index contributed by atoms with van der Waals surface area (Å²) in [7, 11) is 0. The molecular weight excluding hydrogens is 354 g/mol. The molecule has 3 aromatic rings. The predicted octanol–water partition coefficient (Wildman–Crippen LogP) is 3.66. The van der Waals surface area contributed by atoms with Crippen molar-refractivity contribution in [3.05, 3.63) is 77.6 Å². The van der Waals surface area contributed by atoms with Crippen molar-refractivity contribution in [3.8, 4) is 5.75 Å². The first kappa shape index (κ1) is 18.3. The Kier molecular flexibility index (Phi) is 5.12. The molecule has 6 heteroatoms. The number of hydrogen-bond acceptors (Lipinski definition) is 4. The number of phenolic OH excluding ortho intramolecular Hbond substituents is 1. The number of nitrogens with one attached hydrogen (secondary N) is 1. The topological polar surface area (TPSA) is 76.4 Å². The van der Waals surface area contributed by atoms with E-state index >= 15 is 0 Å². The van der Waals surface area contributed by atoms with E-state index in [2.05, 4.69) is 22.5 Å². The molecule has 2 heterocycles. The summed E-state index contributed by atoms with van der Waals surface area (Å²) < 4.78 is 7.70. The van der Waals surface area contributed by atoms with Crippen LogP contribution < -0.4 is 5.32 Å². The highest BCUT2D eigenvalue weighted by Gasteiger charge is 2.36. The largest absolute Gasteiger partial charge is 0.506 e. The minimum Gasteiger partial charge on any atom is -0.506 e. The first-order chi connectivity index (χ1) is 13.6. The van der Waals surface area contributed by atoms with E-state index in [-0.39, 0.29) is 23.7 Å². The number of anilines is 1. The van der Waals surface area contributed by atoms with Crippen LogP contribution in [-0.4, -0.2) is 27.4 Å². The molecule has 0 aliphatic carbocycles. The summed E-state index contributed by atoms with van der Waals surface area (Å²) >= 11 is 0. The average molecular weight is 377 g/mol. The van der Waals surface area contributed by atoms with Crippen molar-refractivity contribution in [2.45, 2.75) is 26.0 Å². The maximum atomic E-state index is 12.8. The maximum Gasteiger partial charge on any atom is 0.230 e. The third-order valence-corrected chi connectivity index (χ3v) is 5.01. The molecule has 0 spiro atoms. The van der Waals surface area contributed by atoms with Crippen LogP contribution >= 0.6 is 0 Å². The van der Waals surface area contributed by atoms with E-state index in [1.54, 1.807) is 18.3 Å². The lowest BCUT2D eigenvalue weighted by atomic mass is 9.96. The molecule has 1 aliphatic rings. The molecule has 28 heavy (non-hydrogen) atoms. The zero-order valence-electron chi connectivity index (χ0n) is 15.7. The quantitative estimate of drug-likeness (QED) is 0.665. The second-order valence-corrected chi connectivity index (χ2v) is 7.15. The monoisotopic (exact) mass is 377 g/mol. The van der Waals surface area contributed by atoms with Gasteiger partial charge in [-0.2, -0.15) is 5.10 Å². The van der Waals surface area contributed by atoms with Crippen LogP contribution in [0.3, 0.4) is 0 Å². The fourth-order valence-corrected chi connectivity index (χ4v) is 3.54. The van der Waals surface area contributed by atoms with Crippen LogP contribution in [0.1, 0.15) is 29.2 Å². The number of amides is 1. The molecule has 1 amide bonds. The Morgan fingerprint density at radius 1 is 1.29 bits per heavy atom. The fraction of sp³-hybridized carbons (Fsp3) is 0.273. The number of aromatic hydroxyl groups is 1. The van der Waals surface area contributed by atoms with E-state index in [1.807, 2.05) is 42.1 Å². The number of phenols is 1. The Labute approximate surface area is 163 Å². The second kappa shape index (κ2) is 7.86. The standard InChI is InChI=1S/C22H23N3O3/c1-15-7-8-19(20(26)11-15)24-22(27)18-9-10-28-21(18)17-12-23-25(14-17)13-16-5-3-2-4-6-16/h2-8,11-12,14,18,21,26H,9-10,13H2,1H3,(H,24,27)/t18-,21+/m0/s1. The Bertz CT molecular complexity index is 968. The van der Waals surface area contributed by atoms with Crippen molar-refractivity contribution in [2.75, 3.05) is 11.9 Å². The molecule has 1 saturated heterocycles. The van der Waals surface area contributed by atoms with Crippen molar-refractivity contribution < 1.29 is 14.6 Å². The van der Waals surface area contributed by atoms with Gasteiger partial charge in [0.15, 0.2) is 0 Å².